The van der Waals surface area contributed by atoms with Crippen molar-refractivity contribution in [2.24, 2.45) is 0 Å². The molecule has 0 fully saturated rings. The monoisotopic (exact) mass is 528 g/mol. The molecule has 2 N–H and O–H groups in total. The maximum Gasteiger partial charge on any atom is 0.416 e. The molecule has 0 unspecified atom stereocenters. The Bertz CT molecular complexity index is 1360. The zero-order chi connectivity index (χ0) is 27.2. The van der Waals surface area contributed by atoms with Crippen molar-refractivity contribution in [1.82, 2.24) is 0 Å². The minimum absolute atomic E-state index is 0.564. The highest BCUT2D eigenvalue weighted by Gasteiger charge is 2.30. The molecule has 4 rings (SSSR count). The summed E-state index contributed by atoms with van der Waals surface area (Å²) in [5.74, 6) is 0. The summed E-state index contributed by atoms with van der Waals surface area (Å²) in [5.41, 5.74) is 9.80. The summed E-state index contributed by atoms with van der Waals surface area (Å²) in [7, 11) is -4.43. The SMILES string of the molecule is Cc1cc(C)c(NN(c2ccccc2)c2ccccc2)c(C)c1.O=S(=O)(O)c1ccc(C(F)(F)F)cc1. The van der Waals surface area contributed by atoms with E-state index < -0.39 is 26.8 Å². The number of hydrazine groups is 1. The molecule has 0 radical (unpaired) electrons. The van der Waals surface area contributed by atoms with Gasteiger partial charge in [0.2, 0.25) is 0 Å². The number of nitrogens with one attached hydrogen (secondary N) is 1. The summed E-state index contributed by atoms with van der Waals surface area (Å²) in [5, 5.41) is 2.13. The normalized spacial score (nSPS) is 11.3. The third-order valence-corrected chi connectivity index (χ3v) is 6.28. The lowest BCUT2D eigenvalue weighted by molar-refractivity contribution is -0.137. The molecule has 5 nitrogen and oxygen atoms in total. The Morgan fingerprint density at radius 1 is 0.730 bits per heavy atom. The van der Waals surface area contributed by atoms with Crippen LogP contribution in [0, 0.1) is 20.8 Å². The van der Waals surface area contributed by atoms with Gasteiger partial charge in [-0.05, 0) is 80.4 Å². The Morgan fingerprint density at radius 2 is 1.16 bits per heavy atom. The summed E-state index contributed by atoms with van der Waals surface area (Å²) in [6.07, 6.45) is -4.52. The Labute approximate surface area is 214 Å². The lowest BCUT2D eigenvalue weighted by Gasteiger charge is -2.28. The number of halogens is 3. The van der Waals surface area contributed by atoms with Crippen LogP contribution in [-0.2, 0) is 16.3 Å². The van der Waals surface area contributed by atoms with Crippen molar-refractivity contribution >= 4 is 27.2 Å². The lowest BCUT2D eigenvalue weighted by Crippen LogP contribution is -2.25. The molecule has 0 aliphatic carbocycles. The average Bonchev–Trinajstić information content (AvgIpc) is 2.84. The molecule has 0 saturated heterocycles. The van der Waals surface area contributed by atoms with Crippen LogP contribution in [0.25, 0.3) is 0 Å². The Balaban J connectivity index is 0.000000233. The van der Waals surface area contributed by atoms with Gasteiger partial charge in [-0.2, -0.15) is 21.6 Å². The van der Waals surface area contributed by atoms with Gasteiger partial charge in [-0.3, -0.25) is 15.0 Å². The summed E-state index contributed by atoms with van der Waals surface area (Å²) in [4.78, 5) is -0.564. The van der Waals surface area contributed by atoms with Crippen LogP contribution < -0.4 is 10.4 Å². The molecule has 0 bridgehead atoms. The molecule has 0 heterocycles. The molecule has 0 aliphatic rings. The Morgan fingerprint density at radius 3 is 1.54 bits per heavy atom. The molecule has 9 heteroatoms. The van der Waals surface area contributed by atoms with E-state index in [0.29, 0.717) is 24.3 Å². The van der Waals surface area contributed by atoms with E-state index in [2.05, 4.69) is 91.9 Å². The topological polar surface area (TPSA) is 69.6 Å². The number of nitrogens with zero attached hydrogens (tertiary/aromatic N) is 1. The lowest BCUT2D eigenvalue weighted by atomic mass is 10.1. The van der Waals surface area contributed by atoms with E-state index in [9.17, 15) is 21.6 Å². The standard InChI is InChI=1S/C21H22N2.C7H5F3O3S/c1-16-14-17(2)21(18(3)15-16)22-23(19-10-6-4-7-11-19)20-12-8-5-9-13-20;8-7(9,10)5-1-3-6(4-2-5)14(11,12)13/h4-15,22H,1-3H3;1-4H,(H,11,12,13). The summed E-state index contributed by atoms with van der Waals surface area (Å²) < 4.78 is 65.4. The quantitative estimate of drug-likeness (QED) is 0.205. The minimum atomic E-state index is -4.52. The van der Waals surface area contributed by atoms with Gasteiger partial charge in [0.15, 0.2) is 0 Å². The fourth-order valence-corrected chi connectivity index (χ4v) is 4.20. The number of alkyl halides is 3. The molecule has 37 heavy (non-hydrogen) atoms. The van der Waals surface area contributed by atoms with E-state index in [1.54, 1.807) is 0 Å². The average molecular weight is 529 g/mol. The van der Waals surface area contributed by atoms with E-state index in [1.807, 2.05) is 12.1 Å². The van der Waals surface area contributed by atoms with Crippen molar-refractivity contribution in [3.63, 3.8) is 0 Å². The fraction of sp³-hybridized carbons (Fsp3) is 0.143. The van der Waals surface area contributed by atoms with Crippen LogP contribution in [0.3, 0.4) is 0 Å². The first-order chi connectivity index (χ1) is 17.4. The highest BCUT2D eigenvalue weighted by Crippen LogP contribution is 2.30. The van der Waals surface area contributed by atoms with Gasteiger partial charge in [0.1, 0.15) is 0 Å². The highest BCUT2D eigenvalue weighted by molar-refractivity contribution is 7.85. The predicted molar refractivity (Wildman–Crippen MR) is 141 cm³/mol. The van der Waals surface area contributed by atoms with Gasteiger partial charge in [-0.15, -0.1) is 0 Å². The maximum atomic E-state index is 12.0. The first kappa shape index (κ1) is 27.8. The third kappa shape index (κ3) is 7.58. The molecule has 194 valence electrons. The number of hydrogen-bond donors (Lipinski definition) is 2. The third-order valence-electron chi connectivity index (χ3n) is 5.41. The van der Waals surface area contributed by atoms with Crippen molar-refractivity contribution in [3.8, 4) is 0 Å². The molecule has 0 saturated carbocycles. The van der Waals surface area contributed by atoms with Gasteiger partial charge in [-0.25, -0.2) is 0 Å². The molecule has 0 spiro atoms. The van der Waals surface area contributed by atoms with Crippen LogP contribution in [0.5, 0.6) is 0 Å². The molecular formula is C28H27F3N2O3S. The number of hydrogen-bond acceptors (Lipinski definition) is 4. The molecule has 4 aromatic carbocycles. The van der Waals surface area contributed by atoms with Crippen LogP contribution in [-0.4, -0.2) is 13.0 Å². The highest BCUT2D eigenvalue weighted by atomic mass is 32.2. The van der Waals surface area contributed by atoms with Gasteiger partial charge in [0, 0.05) is 0 Å². The van der Waals surface area contributed by atoms with E-state index in [4.69, 9.17) is 4.55 Å². The van der Waals surface area contributed by atoms with Crippen LogP contribution in [0.15, 0.2) is 102 Å². The summed E-state index contributed by atoms with van der Waals surface area (Å²) in [6.45, 7) is 6.43. The molecule has 0 atom stereocenters. The second-order valence-corrected chi connectivity index (χ2v) is 9.81. The van der Waals surface area contributed by atoms with Gasteiger partial charge < -0.3 is 0 Å². The maximum absolute atomic E-state index is 12.0. The fourth-order valence-electron chi connectivity index (χ4n) is 3.72. The first-order valence-corrected chi connectivity index (χ1v) is 12.7. The smallest absolute Gasteiger partial charge is 0.293 e. The largest absolute Gasteiger partial charge is 0.416 e. The second kappa shape index (κ2) is 11.5. The van der Waals surface area contributed by atoms with Crippen molar-refractivity contribution in [3.05, 3.63) is 119 Å². The molecule has 0 aliphatic heterocycles. The Hall–Kier alpha value is -3.82. The zero-order valence-corrected chi connectivity index (χ0v) is 21.3. The van der Waals surface area contributed by atoms with Crippen LogP contribution in [0.4, 0.5) is 30.2 Å². The number of benzene rings is 4. The minimum Gasteiger partial charge on any atom is -0.293 e. The van der Waals surface area contributed by atoms with Crippen molar-refractivity contribution < 1.29 is 26.1 Å². The van der Waals surface area contributed by atoms with Gasteiger partial charge in [0.25, 0.3) is 10.1 Å². The number of rotatable bonds is 5. The number of anilines is 3. The van der Waals surface area contributed by atoms with Gasteiger partial charge >= 0.3 is 6.18 Å². The molecule has 0 aromatic heterocycles. The zero-order valence-electron chi connectivity index (χ0n) is 20.5. The predicted octanol–water partition coefficient (Wildman–Crippen LogP) is 7.73. The van der Waals surface area contributed by atoms with Crippen molar-refractivity contribution in [2.45, 2.75) is 31.8 Å². The van der Waals surface area contributed by atoms with E-state index in [1.165, 1.54) is 16.7 Å². The van der Waals surface area contributed by atoms with E-state index >= 15 is 0 Å². The van der Waals surface area contributed by atoms with E-state index in [-0.39, 0.29) is 0 Å². The summed E-state index contributed by atoms with van der Waals surface area (Å²) >= 11 is 0. The van der Waals surface area contributed by atoms with Gasteiger partial charge in [0.05, 0.1) is 27.5 Å². The van der Waals surface area contributed by atoms with Crippen molar-refractivity contribution in [1.29, 1.82) is 0 Å². The summed E-state index contributed by atoms with van der Waals surface area (Å²) in [6, 6.07) is 27.7. The second-order valence-electron chi connectivity index (χ2n) is 8.39. The number of aryl methyl sites for hydroxylation is 3. The molecule has 0 amide bonds. The van der Waals surface area contributed by atoms with Crippen molar-refractivity contribution in [2.75, 3.05) is 10.4 Å². The Kier molecular flexibility index (Phi) is 8.62. The molecule has 4 aromatic rings. The van der Waals surface area contributed by atoms with Crippen LogP contribution >= 0.6 is 0 Å². The van der Waals surface area contributed by atoms with Crippen LogP contribution in [0.2, 0.25) is 0 Å². The molecular weight excluding hydrogens is 501 g/mol. The van der Waals surface area contributed by atoms with Gasteiger partial charge in [-0.1, -0.05) is 54.1 Å². The van der Waals surface area contributed by atoms with E-state index in [0.717, 1.165) is 17.1 Å². The first-order valence-electron chi connectivity index (χ1n) is 11.3. The van der Waals surface area contributed by atoms with Crippen LogP contribution in [0.1, 0.15) is 22.3 Å². The number of para-hydroxylation sites is 2.